The van der Waals surface area contributed by atoms with Gasteiger partial charge in [-0.2, -0.15) is 5.10 Å². The fraction of sp³-hybridized carbons (Fsp3) is 0.0968. The van der Waals surface area contributed by atoms with Crippen molar-refractivity contribution in [1.82, 2.24) is 30.0 Å². The average molecular weight is 531 g/mol. The molecule has 1 amide bonds. The van der Waals surface area contributed by atoms with E-state index < -0.39 is 0 Å². The number of carbonyl (C=O) groups is 1. The number of nitrogens with one attached hydrogen (secondary N) is 2. The van der Waals surface area contributed by atoms with Crippen LogP contribution >= 0.6 is 0 Å². The van der Waals surface area contributed by atoms with Gasteiger partial charge in [0, 0.05) is 29.7 Å². The number of pyridine rings is 1. The Morgan fingerprint density at radius 3 is 2.67 bits per heavy atom. The molecule has 0 aliphatic carbocycles. The van der Waals surface area contributed by atoms with Gasteiger partial charge in [0.1, 0.15) is 11.6 Å². The first-order chi connectivity index (χ1) is 19.6. The molecule has 3 aromatic carbocycles. The fourth-order valence-corrected chi connectivity index (χ4v) is 4.70. The molecule has 9 nitrogen and oxygen atoms in total. The van der Waals surface area contributed by atoms with Gasteiger partial charge in [0.2, 0.25) is 5.88 Å². The van der Waals surface area contributed by atoms with E-state index in [9.17, 15) is 9.90 Å². The number of amides is 1. The van der Waals surface area contributed by atoms with Crippen LogP contribution in [0.2, 0.25) is 0 Å². The van der Waals surface area contributed by atoms with Crippen LogP contribution in [0.15, 0.2) is 104 Å². The normalized spacial score (nSPS) is 11.8. The van der Waals surface area contributed by atoms with E-state index in [1.807, 2.05) is 66.9 Å². The smallest absolute Gasteiger partial charge is 0.251 e. The minimum absolute atomic E-state index is 0.0768. The van der Waals surface area contributed by atoms with E-state index in [1.165, 1.54) is 0 Å². The molecule has 0 saturated heterocycles. The monoisotopic (exact) mass is 530 g/mol. The standard InChI is InChI=1S/C31H26N6O3/c1-40-31-23(9-5-14-32-31)21-11-13-28(38)24(17-21)29-34-25-12-10-22(18-26(25)35-29)30(39)36-27(19-37-16-6-15-33-37)20-7-3-2-4-8-20/h2-18,27,38H,19H2,1H3,(H,34,35)(H,36,39). The van der Waals surface area contributed by atoms with Crippen molar-refractivity contribution in [2.75, 3.05) is 7.11 Å². The van der Waals surface area contributed by atoms with Crippen molar-refractivity contribution in [3.8, 4) is 34.1 Å². The summed E-state index contributed by atoms with van der Waals surface area (Å²) in [6.07, 6.45) is 5.25. The van der Waals surface area contributed by atoms with Gasteiger partial charge in [-0.3, -0.25) is 9.48 Å². The molecular formula is C31H26N6O3. The van der Waals surface area contributed by atoms with Crippen molar-refractivity contribution in [2.24, 2.45) is 0 Å². The number of hydrogen-bond acceptors (Lipinski definition) is 6. The van der Waals surface area contributed by atoms with Gasteiger partial charge in [0.05, 0.1) is 36.3 Å². The number of phenols is 1. The van der Waals surface area contributed by atoms with Gasteiger partial charge in [0.15, 0.2) is 0 Å². The second-order valence-corrected chi connectivity index (χ2v) is 9.27. The van der Waals surface area contributed by atoms with Gasteiger partial charge in [-0.05, 0) is 59.7 Å². The van der Waals surface area contributed by atoms with E-state index >= 15 is 0 Å². The molecule has 1 atom stereocenters. The van der Waals surface area contributed by atoms with Gasteiger partial charge in [0.25, 0.3) is 5.91 Å². The van der Waals surface area contributed by atoms with Gasteiger partial charge < -0.3 is 20.1 Å². The number of hydrogen-bond donors (Lipinski definition) is 3. The second-order valence-electron chi connectivity index (χ2n) is 9.27. The van der Waals surface area contributed by atoms with Crippen molar-refractivity contribution < 1.29 is 14.6 Å². The summed E-state index contributed by atoms with van der Waals surface area (Å²) in [6, 6.07) is 25.7. The Hall–Kier alpha value is -5.44. The third-order valence-electron chi connectivity index (χ3n) is 6.71. The highest BCUT2D eigenvalue weighted by Gasteiger charge is 2.19. The first-order valence-electron chi connectivity index (χ1n) is 12.7. The Balaban J connectivity index is 1.29. The third kappa shape index (κ3) is 5.00. The van der Waals surface area contributed by atoms with Gasteiger partial charge >= 0.3 is 0 Å². The van der Waals surface area contributed by atoms with E-state index in [0.717, 1.165) is 22.2 Å². The number of aromatic amines is 1. The molecule has 6 aromatic rings. The minimum Gasteiger partial charge on any atom is -0.507 e. The number of rotatable bonds is 8. The number of phenolic OH excluding ortho intramolecular Hbond substituents is 1. The van der Waals surface area contributed by atoms with E-state index in [2.05, 4.69) is 20.4 Å². The summed E-state index contributed by atoms with van der Waals surface area (Å²) >= 11 is 0. The maximum Gasteiger partial charge on any atom is 0.251 e. The molecule has 3 heterocycles. The van der Waals surface area contributed by atoms with Crippen LogP contribution in [0, 0.1) is 0 Å². The van der Waals surface area contributed by atoms with E-state index in [1.54, 1.807) is 48.5 Å². The number of H-pyrrole nitrogens is 1. The van der Waals surface area contributed by atoms with Crippen molar-refractivity contribution in [3.05, 3.63) is 115 Å². The summed E-state index contributed by atoms with van der Waals surface area (Å²) < 4.78 is 7.20. The molecular weight excluding hydrogens is 504 g/mol. The highest BCUT2D eigenvalue weighted by atomic mass is 16.5. The zero-order valence-corrected chi connectivity index (χ0v) is 21.7. The van der Waals surface area contributed by atoms with Crippen LogP contribution in [0.5, 0.6) is 11.6 Å². The molecule has 0 saturated carbocycles. The fourth-order valence-electron chi connectivity index (χ4n) is 4.70. The first kappa shape index (κ1) is 24.9. The molecule has 3 N–H and O–H groups in total. The number of nitrogens with zero attached hydrogens (tertiary/aromatic N) is 4. The topological polar surface area (TPSA) is 118 Å². The summed E-state index contributed by atoms with van der Waals surface area (Å²) in [5.41, 5.74) is 4.95. The third-order valence-corrected chi connectivity index (χ3v) is 6.71. The molecule has 0 bridgehead atoms. The number of methoxy groups -OCH3 is 1. The lowest BCUT2D eigenvalue weighted by molar-refractivity contribution is 0.0932. The maximum atomic E-state index is 13.4. The van der Waals surface area contributed by atoms with Crippen LogP contribution in [0.3, 0.4) is 0 Å². The lowest BCUT2D eigenvalue weighted by Crippen LogP contribution is -2.31. The number of aromatic hydroxyl groups is 1. The Kier molecular flexibility index (Phi) is 6.68. The lowest BCUT2D eigenvalue weighted by Gasteiger charge is -2.19. The Bertz CT molecular complexity index is 1780. The van der Waals surface area contributed by atoms with Crippen LogP contribution in [0.25, 0.3) is 33.5 Å². The molecule has 198 valence electrons. The summed E-state index contributed by atoms with van der Waals surface area (Å²) in [6.45, 7) is 0.495. The van der Waals surface area contributed by atoms with Crippen LogP contribution in [0.1, 0.15) is 22.0 Å². The molecule has 9 heteroatoms. The summed E-state index contributed by atoms with van der Waals surface area (Å²) in [4.78, 5) is 25.6. The van der Waals surface area contributed by atoms with Gasteiger partial charge in [-0.25, -0.2) is 9.97 Å². The predicted octanol–water partition coefficient (Wildman–Crippen LogP) is 5.37. The van der Waals surface area contributed by atoms with Crippen LogP contribution in [-0.2, 0) is 6.54 Å². The van der Waals surface area contributed by atoms with Crippen molar-refractivity contribution >= 4 is 16.9 Å². The van der Waals surface area contributed by atoms with Gasteiger partial charge in [-0.15, -0.1) is 0 Å². The molecule has 0 radical (unpaired) electrons. The predicted molar refractivity (Wildman–Crippen MR) is 152 cm³/mol. The summed E-state index contributed by atoms with van der Waals surface area (Å²) in [7, 11) is 1.57. The van der Waals surface area contributed by atoms with Crippen molar-refractivity contribution in [1.29, 1.82) is 0 Å². The maximum absolute atomic E-state index is 13.4. The number of carbonyl (C=O) groups excluding carboxylic acids is 1. The van der Waals surface area contributed by atoms with E-state index in [4.69, 9.17) is 9.72 Å². The van der Waals surface area contributed by atoms with Crippen LogP contribution in [0.4, 0.5) is 0 Å². The first-order valence-corrected chi connectivity index (χ1v) is 12.7. The molecule has 6 rings (SSSR count). The molecule has 0 fully saturated rings. The number of ether oxygens (including phenoxy) is 1. The zero-order valence-electron chi connectivity index (χ0n) is 21.7. The van der Waals surface area contributed by atoms with E-state index in [-0.39, 0.29) is 17.7 Å². The molecule has 3 aromatic heterocycles. The molecule has 0 spiro atoms. The number of aromatic nitrogens is 5. The Labute approximate surface area is 230 Å². The van der Waals surface area contributed by atoms with Gasteiger partial charge in [-0.1, -0.05) is 36.4 Å². The highest BCUT2D eigenvalue weighted by Crippen LogP contribution is 2.35. The average Bonchev–Trinajstić information content (AvgIpc) is 3.67. The molecule has 40 heavy (non-hydrogen) atoms. The van der Waals surface area contributed by atoms with Crippen LogP contribution in [-0.4, -0.2) is 42.9 Å². The largest absolute Gasteiger partial charge is 0.507 e. The SMILES string of the molecule is COc1ncccc1-c1ccc(O)c(-c2nc3cc(C(=O)NC(Cn4cccn4)c4ccccc4)ccc3[nH]2)c1. The quantitative estimate of drug-likeness (QED) is 0.243. The Morgan fingerprint density at radius 1 is 1.00 bits per heavy atom. The molecule has 1 unspecified atom stereocenters. The van der Waals surface area contributed by atoms with Crippen molar-refractivity contribution in [3.63, 3.8) is 0 Å². The second kappa shape index (κ2) is 10.7. The minimum atomic E-state index is -0.275. The highest BCUT2D eigenvalue weighted by molar-refractivity contribution is 5.98. The molecule has 0 aliphatic rings. The van der Waals surface area contributed by atoms with Crippen LogP contribution < -0.4 is 10.1 Å². The number of imidazole rings is 1. The van der Waals surface area contributed by atoms with Crippen molar-refractivity contribution in [2.45, 2.75) is 12.6 Å². The summed E-state index contributed by atoms with van der Waals surface area (Å²) in [5, 5.41) is 18.1. The van der Waals surface area contributed by atoms with E-state index in [0.29, 0.717) is 34.9 Å². The lowest BCUT2D eigenvalue weighted by atomic mass is 10.0. The molecule has 0 aliphatic heterocycles. The summed E-state index contributed by atoms with van der Waals surface area (Å²) in [5.74, 6) is 0.824. The number of benzene rings is 3. The number of fused-ring (bicyclic) bond motifs is 1. The Morgan fingerprint density at radius 2 is 1.88 bits per heavy atom. The zero-order chi connectivity index (χ0) is 27.5.